The summed E-state index contributed by atoms with van der Waals surface area (Å²) in [5, 5.41) is 0. The third-order valence-corrected chi connectivity index (χ3v) is 6.23. The van der Waals surface area contributed by atoms with E-state index in [4.69, 9.17) is 4.74 Å². The zero-order valence-electron chi connectivity index (χ0n) is 19.4. The zero-order chi connectivity index (χ0) is 23.3. The summed E-state index contributed by atoms with van der Waals surface area (Å²) in [6.45, 7) is 9.91. The summed E-state index contributed by atoms with van der Waals surface area (Å²) in [6, 6.07) is 3.56. The van der Waals surface area contributed by atoms with Crippen LogP contribution in [0.15, 0.2) is 23.2 Å². The van der Waals surface area contributed by atoms with E-state index in [2.05, 4.69) is 25.8 Å². The number of carbonyl (C=O) groups is 1. The lowest BCUT2D eigenvalue weighted by atomic mass is 9.75. The van der Waals surface area contributed by atoms with Crippen LogP contribution in [0.4, 0.5) is 18.9 Å². The molecule has 0 heterocycles. The molecule has 1 saturated carbocycles. The Kier molecular flexibility index (Phi) is 8.55. The van der Waals surface area contributed by atoms with Gasteiger partial charge in [0, 0.05) is 19.2 Å². The van der Waals surface area contributed by atoms with E-state index >= 15 is 0 Å². The Bertz CT molecular complexity index is 790. The van der Waals surface area contributed by atoms with Crippen molar-refractivity contribution in [2.45, 2.75) is 72.6 Å². The summed E-state index contributed by atoms with van der Waals surface area (Å²) in [6.07, 6.45) is -0.986. The molecule has 3 atom stereocenters. The van der Waals surface area contributed by atoms with Gasteiger partial charge in [-0.15, -0.1) is 0 Å². The van der Waals surface area contributed by atoms with E-state index in [-0.39, 0.29) is 18.6 Å². The molecular formula is C24H35F3N2O2. The molecule has 7 heteroatoms. The molecule has 1 aromatic carbocycles. The maximum absolute atomic E-state index is 13.1. The average molecular weight is 441 g/mol. The highest BCUT2D eigenvalue weighted by Gasteiger charge is 2.34. The quantitative estimate of drug-likeness (QED) is 0.298. The van der Waals surface area contributed by atoms with Crippen molar-refractivity contribution < 1.29 is 22.7 Å². The number of aliphatic imine (C=N–C) groups is 1. The van der Waals surface area contributed by atoms with Crippen LogP contribution in [0.3, 0.4) is 0 Å². The molecule has 0 aliphatic heterocycles. The minimum Gasteiger partial charge on any atom is -0.461 e. The first-order valence-electron chi connectivity index (χ1n) is 11.1. The van der Waals surface area contributed by atoms with Crippen molar-refractivity contribution in [2.24, 2.45) is 22.7 Å². The summed E-state index contributed by atoms with van der Waals surface area (Å²) in [5.41, 5.74) is 0.257. The standard InChI is InChI=1S/C24H35F3N2O2/c1-7-22(28-6)29(20-11-9-18(13-17(20)5)24(25,26)27)14-23(30)31-21-12-16(4)8-10-19(21)15(2)3/h9,11,13,15-16,19,21H,7-8,10,12,14H2,1-6H3/t16-,19+,21-/m1/s1. The van der Waals surface area contributed by atoms with Crippen molar-refractivity contribution in [2.75, 3.05) is 18.5 Å². The molecule has 31 heavy (non-hydrogen) atoms. The summed E-state index contributed by atoms with van der Waals surface area (Å²) in [5.74, 6) is 1.49. The predicted octanol–water partition coefficient (Wildman–Crippen LogP) is 6.26. The first-order chi connectivity index (χ1) is 14.5. The Morgan fingerprint density at radius 3 is 2.48 bits per heavy atom. The van der Waals surface area contributed by atoms with E-state index < -0.39 is 11.7 Å². The number of hydrogen-bond acceptors (Lipinski definition) is 3. The van der Waals surface area contributed by atoms with Crippen molar-refractivity contribution in [1.82, 2.24) is 0 Å². The molecule has 1 fully saturated rings. The van der Waals surface area contributed by atoms with E-state index in [1.165, 1.54) is 6.07 Å². The fraction of sp³-hybridized carbons (Fsp3) is 0.667. The lowest BCUT2D eigenvalue weighted by Gasteiger charge is -2.37. The van der Waals surface area contributed by atoms with Crippen LogP contribution < -0.4 is 4.90 Å². The van der Waals surface area contributed by atoms with Gasteiger partial charge in [-0.25, -0.2) is 0 Å². The molecule has 174 valence electrons. The van der Waals surface area contributed by atoms with E-state index in [1.807, 2.05) is 6.92 Å². The number of carbonyl (C=O) groups excluding carboxylic acids is 1. The molecule has 1 aromatic rings. The number of anilines is 1. The Morgan fingerprint density at radius 2 is 1.97 bits per heavy atom. The van der Waals surface area contributed by atoms with Crippen LogP contribution >= 0.6 is 0 Å². The van der Waals surface area contributed by atoms with Gasteiger partial charge in [0.25, 0.3) is 0 Å². The Balaban J connectivity index is 2.26. The van der Waals surface area contributed by atoms with Gasteiger partial charge in [-0.2, -0.15) is 13.2 Å². The van der Waals surface area contributed by atoms with Crippen molar-refractivity contribution >= 4 is 17.5 Å². The van der Waals surface area contributed by atoms with Gasteiger partial charge in [-0.1, -0.05) is 34.1 Å². The van der Waals surface area contributed by atoms with Gasteiger partial charge in [0.05, 0.1) is 5.56 Å². The number of alkyl halides is 3. The second kappa shape index (κ2) is 10.5. The van der Waals surface area contributed by atoms with Gasteiger partial charge in [0.1, 0.15) is 18.5 Å². The minimum atomic E-state index is -4.41. The van der Waals surface area contributed by atoms with Gasteiger partial charge in [0.2, 0.25) is 0 Å². The van der Waals surface area contributed by atoms with Gasteiger partial charge < -0.3 is 9.64 Å². The molecule has 0 spiro atoms. The Morgan fingerprint density at radius 1 is 1.29 bits per heavy atom. The first kappa shape index (κ1) is 25.2. The number of rotatable bonds is 6. The van der Waals surface area contributed by atoms with E-state index in [9.17, 15) is 18.0 Å². The van der Waals surface area contributed by atoms with Crippen LogP contribution in [0.25, 0.3) is 0 Å². The normalized spacial score (nSPS) is 22.5. The number of benzene rings is 1. The second-order valence-corrected chi connectivity index (χ2v) is 8.93. The third kappa shape index (κ3) is 6.47. The Hall–Kier alpha value is -2.05. The minimum absolute atomic E-state index is 0.0809. The summed E-state index contributed by atoms with van der Waals surface area (Å²) in [4.78, 5) is 18.9. The van der Waals surface area contributed by atoms with Gasteiger partial charge in [-0.05, 0) is 61.3 Å². The first-order valence-corrected chi connectivity index (χ1v) is 11.1. The van der Waals surface area contributed by atoms with Crippen LogP contribution in [-0.2, 0) is 15.7 Å². The largest absolute Gasteiger partial charge is 0.461 e. The molecule has 0 unspecified atom stereocenters. The SMILES string of the molecule is CCC(=NC)N(CC(=O)O[C@@H]1C[C@H](C)CC[C@H]1C(C)C)c1ccc(C(F)(F)F)cc1C. The van der Waals surface area contributed by atoms with Gasteiger partial charge in [0.15, 0.2) is 0 Å². The second-order valence-electron chi connectivity index (χ2n) is 8.93. The molecule has 1 aliphatic rings. The highest BCUT2D eigenvalue weighted by atomic mass is 19.4. The fourth-order valence-electron chi connectivity index (χ4n) is 4.51. The van der Waals surface area contributed by atoms with Crippen molar-refractivity contribution in [3.05, 3.63) is 29.3 Å². The van der Waals surface area contributed by atoms with Crippen molar-refractivity contribution in [3.8, 4) is 0 Å². The fourth-order valence-corrected chi connectivity index (χ4v) is 4.51. The van der Waals surface area contributed by atoms with Crippen LogP contribution in [0, 0.1) is 24.7 Å². The molecule has 2 rings (SSSR count). The van der Waals surface area contributed by atoms with Crippen LogP contribution in [0.2, 0.25) is 0 Å². The summed E-state index contributed by atoms with van der Waals surface area (Å²) < 4.78 is 45.2. The van der Waals surface area contributed by atoms with E-state index in [0.717, 1.165) is 31.4 Å². The summed E-state index contributed by atoms with van der Waals surface area (Å²) >= 11 is 0. The molecule has 0 amide bonds. The maximum Gasteiger partial charge on any atom is 0.416 e. The molecule has 0 aromatic heterocycles. The van der Waals surface area contributed by atoms with E-state index in [1.54, 1.807) is 18.9 Å². The number of ether oxygens (including phenoxy) is 1. The van der Waals surface area contributed by atoms with Crippen LogP contribution in [0.5, 0.6) is 0 Å². The lowest BCUT2D eigenvalue weighted by molar-refractivity contribution is -0.154. The number of hydrogen-bond donors (Lipinski definition) is 0. The molecule has 4 nitrogen and oxygen atoms in total. The summed E-state index contributed by atoms with van der Waals surface area (Å²) in [7, 11) is 1.62. The maximum atomic E-state index is 13.1. The molecule has 0 saturated heterocycles. The number of aryl methyl sites for hydroxylation is 1. The highest BCUT2D eigenvalue weighted by Crippen LogP contribution is 2.36. The Labute approximate surface area is 183 Å². The number of amidine groups is 1. The van der Waals surface area contributed by atoms with E-state index in [0.29, 0.717) is 41.3 Å². The third-order valence-electron chi connectivity index (χ3n) is 6.23. The monoisotopic (exact) mass is 440 g/mol. The van der Waals surface area contributed by atoms with Gasteiger partial charge in [-0.3, -0.25) is 9.79 Å². The zero-order valence-corrected chi connectivity index (χ0v) is 19.4. The molecule has 0 N–H and O–H groups in total. The molecule has 0 bridgehead atoms. The van der Waals surface area contributed by atoms with Crippen molar-refractivity contribution in [3.63, 3.8) is 0 Å². The van der Waals surface area contributed by atoms with Crippen molar-refractivity contribution in [1.29, 1.82) is 0 Å². The van der Waals surface area contributed by atoms with Crippen LogP contribution in [-0.4, -0.2) is 31.5 Å². The average Bonchev–Trinajstić information content (AvgIpc) is 2.67. The smallest absolute Gasteiger partial charge is 0.416 e. The number of halogens is 3. The predicted molar refractivity (Wildman–Crippen MR) is 118 cm³/mol. The topological polar surface area (TPSA) is 41.9 Å². The molecular weight excluding hydrogens is 405 g/mol. The highest BCUT2D eigenvalue weighted by molar-refractivity contribution is 6.01. The van der Waals surface area contributed by atoms with Gasteiger partial charge >= 0.3 is 12.1 Å². The molecule has 1 aliphatic carbocycles. The van der Waals surface area contributed by atoms with Crippen LogP contribution in [0.1, 0.15) is 64.5 Å². The number of esters is 1. The molecule has 0 radical (unpaired) electrons. The number of nitrogens with zero attached hydrogens (tertiary/aromatic N) is 2. The lowest BCUT2D eigenvalue weighted by Crippen LogP contribution is -2.41.